The third-order valence-electron chi connectivity index (χ3n) is 4.69. The van der Waals surface area contributed by atoms with E-state index in [0.717, 1.165) is 17.7 Å². The highest BCUT2D eigenvalue weighted by molar-refractivity contribution is 5.81. The second-order valence-corrected chi connectivity index (χ2v) is 6.57. The number of aryl methyl sites for hydroxylation is 1. The van der Waals surface area contributed by atoms with Crippen LogP contribution in [0.25, 0.3) is 6.08 Å². The number of benzene rings is 1. The van der Waals surface area contributed by atoms with Gasteiger partial charge in [0.2, 0.25) is 0 Å². The maximum Gasteiger partial charge on any atom is 0.328 e. The number of hydrogen-bond donors (Lipinski definition) is 1. The molecule has 3 nitrogen and oxygen atoms in total. The zero-order chi connectivity index (χ0) is 17.9. The van der Waals surface area contributed by atoms with Gasteiger partial charge in [-0.25, -0.2) is 4.79 Å². The quantitative estimate of drug-likeness (QED) is 0.600. The van der Waals surface area contributed by atoms with E-state index in [1.807, 2.05) is 13.0 Å². The van der Waals surface area contributed by atoms with Gasteiger partial charge in [-0.05, 0) is 79.8 Å². The molecule has 128 valence electrons. The topological polar surface area (TPSA) is 46.5 Å². The van der Waals surface area contributed by atoms with E-state index in [1.54, 1.807) is 7.11 Å². The smallest absolute Gasteiger partial charge is 0.328 e. The van der Waals surface area contributed by atoms with Crippen molar-refractivity contribution in [3.05, 3.63) is 58.2 Å². The lowest BCUT2D eigenvalue weighted by Crippen LogP contribution is -1.95. The number of carbonyl (C=O) groups is 1. The molecule has 1 saturated carbocycles. The first kappa shape index (κ1) is 18.1. The zero-order valence-corrected chi connectivity index (χ0v) is 15.1. The molecule has 2 rings (SSSR count). The lowest BCUT2D eigenvalue weighted by atomic mass is 9.96. The van der Waals surface area contributed by atoms with Crippen LogP contribution in [0.1, 0.15) is 35.6 Å². The van der Waals surface area contributed by atoms with Gasteiger partial charge in [-0.2, -0.15) is 0 Å². The maximum atomic E-state index is 10.6. The summed E-state index contributed by atoms with van der Waals surface area (Å²) in [4.78, 5) is 10.6. The Morgan fingerprint density at radius 1 is 1.21 bits per heavy atom. The Bertz CT molecular complexity index is 723. The van der Waals surface area contributed by atoms with Crippen LogP contribution in [0, 0.1) is 32.6 Å². The fourth-order valence-electron chi connectivity index (χ4n) is 2.95. The normalized spacial score (nSPS) is 20.8. The van der Waals surface area contributed by atoms with Crippen molar-refractivity contribution in [1.82, 2.24) is 0 Å². The largest absolute Gasteiger partial charge is 0.496 e. The van der Waals surface area contributed by atoms with Crippen molar-refractivity contribution in [3.63, 3.8) is 0 Å². The van der Waals surface area contributed by atoms with Gasteiger partial charge in [0.1, 0.15) is 5.75 Å². The monoisotopic (exact) mass is 326 g/mol. The molecule has 0 heterocycles. The zero-order valence-electron chi connectivity index (χ0n) is 15.1. The van der Waals surface area contributed by atoms with Gasteiger partial charge in [0.15, 0.2) is 0 Å². The summed E-state index contributed by atoms with van der Waals surface area (Å²) in [5.74, 6) is 1.10. The fourth-order valence-corrected chi connectivity index (χ4v) is 2.95. The molecule has 0 aliphatic heterocycles. The van der Waals surface area contributed by atoms with Crippen molar-refractivity contribution in [1.29, 1.82) is 0 Å². The summed E-state index contributed by atoms with van der Waals surface area (Å²) in [6, 6.07) is 2.09. The lowest BCUT2D eigenvalue weighted by molar-refractivity contribution is -0.131. The predicted octanol–water partition coefficient (Wildman–Crippen LogP) is 4.86. The van der Waals surface area contributed by atoms with Crippen LogP contribution < -0.4 is 4.74 Å². The molecule has 1 fully saturated rings. The summed E-state index contributed by atoms with van der Waals surface area (Å²) >= 11 is 0. The number of aliphatic carboxylic acids is 1. The van der Waals surface area contributed by atoms with E-state index in [4.69, 9.17) is 9.84 Å². The molecule has 1 aliphatic rings. The van der Waals surface area contributed by atoms with Crippen molar-refractivity contribution in [2.75, 3.05) is 7.11 Å². The molecular formula is C21H26O3. The van der Waals surface area contributed by atoms with E-state index in [0.29, 0.717) is 11.8 Å². The molecule has 24 heavy (non-hydrogen) atoms. The maximum absolute atomic E-state index is 10.6. The third-order valence-corrected chi connectivity index (χ3v) is 4.69. The highest BCUT2D eigenvalue weighted by atomic mass is 16.5. The van der Waals surface area contributed by atoms with Crippen LogP contribution in [0.2, 0.25) is 0 Å². The molecule has 1 aromatic rings. The van der Waals surface area contributed by atoms with Gasteiger partial charge in [-0.1, -0.05) is 24.3 Å². The summed E-state index contributed by atoms with van der Waals surface area (Å²) in [7, 11) is 1.71. The second kappa shape index (κ2) is 7.52. The molecule has 0 bridgehead atoms. The molecule has 0 spiro atoms. The molecular weight excluding hydrogens is 300 g/mol. The Kier molecular flexibility index (Phi) is 5.66. The molecule has 0 amide bonds. The molecule has 1 N–H and O–H groups in total. The number of methoxy groups -OCH3 is 1. The van der Waals surface area contributed by atoms with E-state index in [9.17, 15) is 4.79 Å². The Morgan fingerprint density at radius 2 is 1.88 bits per heavy atom. The van der Waals surface area contributed by atoms with E-state index in [1.165, 1.54) is 28.3 Å². The van der Waals surface area contributed by atoms with Gasteiger partial charge in [-0.3, -0.25) is 0 Å². The van der Waals surface area contributed by atoms with Crippen LogP contribution in [0.3, 0.4) is 0 Å². The van der Waals surface area contributed by atoms with Crippen LogP contribution in [0.5, 0.6) is 5.75 Å². The van der Waals surface area contributed by atoms with E-state index >= 15 is 0 Å². The number of carboxylic acids is 1. The Hall–Kier alpha value is -2.29. The summed E-state index contributed by atoms with van der Waals surface area (Å²) < 4.78 is 5.42. The minimum absolute atomic E-state index is 0.512. The van der Waals surface area contributed by atoms with Crippen molar-refractivity contribution >= 4 is 12.0 Å². The number of ether oxygens (including phenoxy) is 1. The summed E-state index contributed by atoms with van der Waals surface area (Å²) in [5.41, 5.74) is 5.71. The summed E-state index contributed by atoms with van der Waals surface area (Å²) in [5, 5.41) is 8.71. The van der Waals surface area contributed by atoms with Crippen molar-refractivity contribution in [2.45, 2.75) is 34.1 Å². The van der Waals surface area contributed by atoms with Gasteiger partial charge in [-0.15, -0.1) is 0 Å². The first-order valence-corrected chi connectivity index (χ1v) is 8.26. The SMILES string of the molecule is COc1cc(C)c(/C=C/C2CC2/C=C/C(C)=C/C(=O)O)c(C)c1C. The van der Waals surface area contributed by atoms with Gasteiger partial charge in [0.25, 0.3) is 0 Å². The van der Waals surface area contributed by atoms with Gasteiger partial charge < -0.3 is 9.84 Å². The average Bonchev–Trinajstić information content (AvgIpc) is 3.26. The van der Waals surface area contributed by atoms with Crippen LogP contribution in [0.4, 0.5) is 0 Å². The molecule has 0 radical (unpaired) electrons. The molecule has 1 aliphatic carbocycles. The highest BCUT2D eigenvalue weighted by Crippen LogP contribution is 2.42. The van der Waals surface area contributed by atoms with Gasteiger partial charge in [0, 0.05) is 6.08 Å². The lowest BCUT2D eigenvalue weighted by Gasteiger charge is -2.13. The number of rotatable bonds is 6. The molecule has 0 aromatic heterocycles. The van der Waals surface area contributed by atoms with Crippen LogP contribution in [-0.2, 0) is 4.79 Å². The molecule has 2 atom stereocenters. The second-order valence-electron chi connectivity index (χ2n) is 6.57. The predicted molar refractivity (Wildman–Crippen MR) is 98.4 cm³/mol. The van der Waals surface area contributed by atoms with E-state index in [-0.39, 0.29) is 0 Å². The number of carboxylic acid groups (broad SMARTS) is 1. The van der Waals surface area contributed by atoms with Crippen LogP contribution in [0.15, 0.2) is 35.9 Å². The highest BCUT2D eigenvalue weighted by Gasteiger charge is 2.32. The van der Waals surface area contributed by atoms with Crippen molar-refractivity contribution < 1.29 is 14.6 Å². The van der Waals surface area contributed by atoms with Crippen LogP contribution >= 0.6 is 0 Å². The molecule has 1 aromatic carbocycles. The molecule has 3 heteroatoms. The Labute approximate surface area is 144 Å². The Balaban J connectivity index is 2.05. The van der Waals surface area contributed by atoms with E-state index < -0.39 is 5.97 Å². The van der Waals surface area contributed by atoms with Gasteiger partial charge in [0.05, 0.1) is 7.11 Å². The van der Waals surface area contributed by atoms with Crippen molar-refractivity contribution in [2.24, 2.45) is 11.8 Å². The third kappa shape index (κ3) is 4.38. The fraction of sp³-hybridized carbons (Fsp3) is 0.381. The summed E-state index contributed by atoms with van der Waals surface area (Å²) in [6.07, 6.45) is 10.9. The van der Waals surface area contributed by atoms with Crippen molar-refractivity contribution in [3.8, 4) is 5.75 Å². The first-order chi connectivity index (χ1) is 11.3. The first-order valence-electron chi connectivity index (χ1n) is 8.26. The minimum atomic E-state index is -0.898. The summed E-state index contributed by atoms with van der Waals surface area (Å²) in [6.45, 7) is 8.14. The molecule has 0 saturated heterocycles. The standard InChI is InChI=1S/C21H26O3/c1-13(10-21(22)23)6-7-17-12-18(17)8-9-19-14(2)11-20(24-5)16(4)15(19)3/h6-11,17-18H,12H2,1-5H3,(H,22,23)/b7-6+,9-8+,13-10+. The number of hydrogen-bond acceptors (Lipinski definition) is 2. The molecule has 2 unspecified atom stereocenters. The van der Waals surface area contributed by atoms with Crippen LogP contribution in [-0.4, -0.2) is 18.2 Å². The Morgan fingerprint density at radius 3 is 2.50 bits per heavy atom. The van der Waals surface area contributed by atoms with E-state index in [2.05, 4.69) is 45.1 Å². The average molecular weight is 326 g/mol. The van der Waals surface area contributed by atoms with Gasteiger partial charge >= 0.3 is 5.97 Å². The minimum Gasteiger partial charge on any atom is -0.496 e. The number of allylic oxidation sites excluding steroid dienone is 4.